The molecule has 0 radical (unpaired) electrons. The zero-order valence-electron chi connectivity index (χ0n) is 29.7. The number of para-hydroxylation sites is 2. The van der Waals surface area contributed by atoms with Crippen molar-refractivity contribution in [2.24, 2.45) is 0 Å². The predicted molar refractivity (Wildman–Crippen MR) is 219 cm³/mol. The van der Waals surface area contributed by atoms with Gasteiger partial charge in [-0.2, -0.15) is 0 Å². The molecular formula is C50H36O2. The summed E-state index contributed by atoms with van der Waals surface area (Å²) < 4.78 is 14.2. The Morgan fingerprint density at radius 1 is 0.327 bits per heavy atom. The highest BCUT2D eigenvalue weighted by Gasteiger charge is 2.28. The van der Waals surface area contributed by atoms with Crippen LogP contribution >= 0.6 is 0 Å². The maximum Gasteiger partial charge on any atom is 0.144 e. The molecule has 2 nitrogen and oxygen atoms in total. The summed E-state index contributed by atoms with van der Waals surface area (Å²) in [6.07, 6.45) is 0. The maximum absolute atomic E-state index is 7.12. The molecule has 2 heterocycles. The molecule has 0 unspecified atom stereocenters. The van der Waals surface area contributed by atoms with Crippen molar-refractivity contribution in [2.75, 3.05) is 0 Å². The lowest BCUT2D eigenvalue weighted by Crippen LogP contribution is -1.92. The van der Waals surface area contributed by atoms with E-state index < -0.39 is 0 Å². The highest BCUT2D eigenvalue weighted by atomic mass is 16.3. The first-order chi connectivity index (χ1) is 25.4. The third-order valence-electron chi connectivity index (χ3n) is 10.8. The van der Waals surface area contributed by atoms with Gasteiger partial charge < -0.3 is 8.83 Å². The summed E-state index contributed by atoms with van der Waals surface area (Å²) in [5.41, 5.74) is 13.2. The first-order valence-electron chi connectivity index (χ1n) is 18.0. The van der Waals surface area contributed by atoms with Gasteiger partial charge in [0.25, 0.3) is 0 Å². The molecule has 0 bridgehead atoms. The van der Waals surface area contributed by atoms with Crippen molar-refractivity contribution in [1.29, 1.82) is 0 Å². The molecule has 2 aromatic heterocycles. The lowest BCUT2D eigenvalue weighted by Gasteiger charge is -2.18. The van der Waals surface area contributed by atoms with E-state index in [2.05, 4.69) is 173 Å². The minimum absolute atomic E-state index is 0.885. The number of aryl methyl sites for hydroxylation is 4. The van der Waals surface area contributed by atoms with Gasteiger partial charge in [-0.05, 0) is 94.4 Å². The average molecular weight is 669 g/mol. The molecular weight excluding hydrogens is 633 g/mol. The van der Waals surface area contributed by atoms with Gasteiger partial charge in [0.1, 0.15) is 22.7 Å². The van der Waals surface area contributed by atoms with Gasteiger partial charge in [-0.1, -0.05) is 145 Å². The number of furan rings is 2. The van der Waals surface area contributed by atoms with E-state index in [1.807, 2.05) is 0 Å². The van der Waals surface area contributed by atoms with Crippen molar-refractivity contribution in [1.82, 2.24) is 0 Å². The van der Waals surface area contributed by atoms with Gasteiger partial charge in [0.05, 0.1) is 0 Å². The van der Waals surface area contributed by atoms with E-state index in [0.717, 1.165) is 99.5 Å². The number of fused-ring (bicyclic) bond motifs is 5. The molecule has 0 aliphatic heterocycles. The number of rotatable bonds is 4. The van der Waals surface area contributed by atoms with Crippen LogP contribution in [-0.4, -0.2) is 0 Å². The van der Waals surface area contributed by atoms with Crippen molar-refractivity contribution in [2.45, 2.75) is 27.7 Å². The van der Waals surface area contributed by atoms with Crippen LogP contribution in [0.3, 0.4) is 0 Å². The van der Waals surface area contributed by atoms with E-state index >= 15 is 0 Å². The summed E-state index contributed by atoms with van der Waals surface area (Å²) in [7, 11) is 0. The van der Waals surface area contributed by atoms with Crippen molar-refractivity contribution in [3.63, 3.8) is 0 Å². The molecule has 0 saturated carbocycles. The summed E-state index contributed by atoms with van der Waals surface area (Å²) in [6.45, 7) is 8.55. The first-order valence-corrected chi connectivity index (χ1v) is 18.0. The lowest BCUT2D eigenvalue weighted by atomic mass is 9.85. The van der Waals surface area contributed by atoms with Crippen molar-refractivity contribution in [3.05, 3.63) is 168 Å². The normalized spacial score (nSPS) is 11.8. The van der Waals surface area contributed by atoms with E-state index in [-0.39, 0.29) is 0 Å². The Morgan fingerprint density at radius 3 is 1.13 bits per heavy atom. The molecule has 0 N–H and O–H groups in total. The minimum atomic E-state index is 0.885. The Balaban J connectivity index is 1.42. The summed E-state index contributed by atoms with van der Waals surface area (Å²) in [4.78, 5) is 0. The number of hydrogen-bond acceptors (Lipinski definition) is 2. The monoisotopic (exact) mass is 668 g/mol. The zero-order valence-corrected chi connectivity index (χ0v) is 29.7. The molecule has 0 aliphatic rings. The summed E-state index contributed by atoms with van der Waals surface area (Å²) in [5, 5.41) is 9.11. The van der Waals surface area contributed by atoms with Gasteiger partial charge in [0.2, 0.25) is 0 Å². The minimum Gasteiger partial charge on any atom is -0.455 e. The quantitative estimate of drug-likeness (QED) is 0.175. The van der Waals surface area contributed by atoms with Crippen LogP contribution in [0.25, 0.3) is 99.2 Å². The molecule has 0 fully saturated rings. The highest BCUT2D eigenvalue weighted by molar-refractivity contribution is 6.26. The van der Waals surface area contributed by atoms with E-state index in [4.69, 9.17) is 8.83 Å². The summed E-state index contributed by atoms with van der Waals surface area (Å²) in [5.74, 6) is 1.77. The van der Waals surface area contributed by atoms with Crippen LogP contribution in [-0.2, 0) is 0 Å². The van der Waals surface area contributed by atoms with Crippen LogP contribution in [0.15, 0.2) is 154 Å². The van der Waals surface area contributed by atoms with Crippen molar-refractivity contribution < 1.29 is 8.83 Å². The van der Waals surface area contributed by atoms with Gasteiger partial charge in [0, 0.05) is 33.0 Å². The fourth-order valence-corrected chi connectivity index (χ4v) is 8.24. The van der Waals surface area contributed by atoms with E-state index in [9.17, 15) is 0 Å². The zero-order chi connectivity index (χ0) is 35.1. The lowest BCUT2D eigenvalue weighted by molar-refractivity contribution is 0.630. The Kier molecular flexibility index (Phi) is 6.78. The summed E-state index contributed by atoms with van der Waals surface area (Å²) >= 11 is 0. The van der Waals surface area contributed by atoms with Crippen LogP contribution in [0.1, 0.15) is 22.3 Å². The van der Waals surface area contributed by atoms with Crippen molar-refractivity contribution >= 4 is 54.3 Å². The Morgan fingerprint density at radius 2 is 0.712 bits per heavy atom. The first kappa shape index (κ1) is 30.4. The van der Waals surface area contributed by atoms with E-state index in [0.29, 0.717) is 0 Å². The molecule has 10 rings (SSSR count). The molecule has 52 heavy (non-hydrogen) atoms. The molecule has 0 saturated heterocycles. The van der Waals surface area contributed by atoms with E-state index in [1.165, 1.54) is 21.9 Å². The van der Waals surface area contributed by atoms with Crippen LogP contribution in [0, 0.1) is 27.7 Å². The number of benzene rings is 8. The SMILES string of the molecule is Cc1ccc(-c2c(-c3c4ccccc4c(-c4oc5c(C)cccc5c4-c4ccc(C)cc4)c4cc5ccccc5cc34)oc3c(C)cccc23)cc1. The number of hydrogen-bond donors (Lipinski definition) is 0. The topological polar surface area (TPSA) is 26.3 Å². The fraction of sp³-hybridized carbons (Fsp3) is 0.0800. The fourth-order valence-electron chi connectivity index (χ4n) is 8.24. The van der Waals surface area contributed by atoms with Crippen LogP contribution < -0.4 is 0 Å². The van der Waals surface area contributed by atoms with E-state index in [1.54, 1.807) is 0 Å². The van der Waals surface area contributed by atoms with Crippen LogP contribution in [0.5, 0.6) is 0 Å². The Hall–Kier alpha value is -6.38. The smallest absolute Gasteiger partial charge is 0.144 e. The third kappa shape index (κ3) is 4.57. The largest absolute Gasteiger partial charge is 0.455 e. The van der Waals surface area contributed by atoms with Crippen LogP contribution in [0.4, 0.5) is 0 Å². The molecule has 0 atom stereocenters. The standard InChI is InChI=1S/C50H36O2/c1-29-19-23-33(24-20-29)43-39-17-9-11-31(3)47(39)51-49(43)45-37-15-7-8-16-38(37)46(42-28-36-14-6-5-13-35(36)27-41(42)45)50-44(34-25-21-30(2)22-26-34)40-18-10-12-32(4)48(40)52-50/h5-28H,1-4H3. The maximum atomic E-state index is 7.12. The summed E-state index contributed by atoms with van der Waals surface area (Å²) in [6, 6.07) is 52.8. The molecule has 0 spiro atoms. The van der Waals surface area contributed by atoms with Gasteiger partial charge in [-0.3, -0.25) is 0 Å². The second-order valence-corrected chi connectivity index (χ2v) is 14.3. The van der Waals surface area contributed by atoms with Gasteiger partial charge in [0.15, 0.2) is 0 Å². The molecule has 0 aliphatic carbocycles. The predicted octanol–water partition coefficient (Wildman–Crippen LogP) is 14.5. The Labute approximate surface area is 302 Å². The third-order valence-corrected chi connectivity index (χ3v) is 10.8. The molecule has 8 aromatic carbocycles. The van der Waals surface area contributed by atoms with Gasteiger partial charge in [-0.15, -0.1) is 0 Å². The second-order valence-electron chi connectivity index (χ2n) is 14.3. The highest BCUT2D eigenvalue weighted by Crippen LogP contribution is 2.52. The van der Waals surface area contributed by atoms with Crippen molar-refractivity contribution in [3.8, 4) is 44.9 Å². The molecule has 248 valence electrons. The molecule has 10 aromatic rings. The second kappa shape index (κ2) is 11.6. The molecule has 2 heteroatoms. The average Bonchev–Trinajstić information content (AvgIpc) is 3.74. The van der Waals surface area contributed by atoms with Crippen LogP contribution in [0.2, 0.25) is 0 Å². The van der Waals surface area contributed by atoms with Gasteiger partial charge >= 0.3 is 0 Å². The molecule has 0 amide bonds. The Bertz CT molecular complexity index is 2820. The van der Waals surface area contributed by atoms with Gasteiger partial charge in [-0.25, -0.2) is 0 Å².